The maximum absolute atomic E-state index is 12.3. The summed E-state index contributed by atoms with van der Waals surface area (Å²) in [5.41, 5.74) is 3.26. The zero-order valence-electron chi connectivity index (χ0n) is 24.4. The fraction of sp³-hybridized carbons (Fsp3) is 0.438. The Morgan fingerprint density at radius 3 is 2.62 bits per heavy atom. The average molecular weight is 572 g/mol. The third kappa shape index (κ3) is 6.31. The van der Waals surface area contributed by atoms with Crippen LogP contribution in [0, 0.1) is 11.3 Å². The van der Waals surface area contributed by atoms with Crippen molar-refractivity contribution >= 4 is 28.2 Å². The minimum atomic E-state index is -0.551. The molecule has 0 spiro atoms. The Hall–Kier alpha value is -4.23. The second-order valence-corrected chi connectivity index (χ2v) is 11.0. The summed E-state index contributed by atoms with van der Waals surface area (Å²) in [5, 5.41) is 11.8. The van der Waals surface area contributed by atoms with Gasteiger partial charge in [-0.2, -0.15) is 15.2 Å². The number of carbonyl (C=O) groups excluding carboxylic acids is 1. The summed E-state index contributed by atoms with van der Waals surface area (Å²) in [4.78, 5) is 30.0. The minimum absolute atomic E-state index is 0.141. The molecule has 0 aliphatic carbocycles. The molecular formula is C32H38FN7O2. The number of anilines is 2. The van der Waals surface area contributed by atoms with Gasteiger partial charge in [0.25, 0.3) is 0 Å². The van der Waals surface area contributed by atoms with Crippen LogP contribution in [0.15, 0.2) is 55.1 Å². The molecule has 6 rings (SSSR count). The highest BCUT2D eigenvalue weighted by Gasteiger charge is 2.33. The van der Waals surface area contributed by atoms with Crippen molar-refractivity contribution in [2.75, 3.05) is 63.2 Å². The molecule has 2 fully saturated rings. The SMILES string of the molecule is C=CC(=O)N1CCN(c2nc(OC)nc3c2CCN(c2cccc4ccccc24)C3)CC1CC#N.CN1CCC(F)C1. The molecule has 1 amide bonds. The van der Waals surface area contributed by atoms with Crippen LogP contribution in [0.4, 0.5) is 15.9 Å². The van der Waals surface area contributed by atoms with Gasteiger partial charge in [-0.3, -0.25) is 4.79 Å². The van der Waals surface area contributed by atoms with Crippen LogP contribution in [0.2, 0.25) is 0 Å². The van der Waals surface area contributed by atoms with E-state index in [0.717, 1.165) is 43.0 Å². The summed E-state index contributed by atoms with van der Waals surface area (Å²) in [5.74, 6) is 0.705. The number of nitrogens with zero attached hydrogens (tertiary/aromatic N) is 7. The van der Waals surface area contributed by atoms with Gasteiger partial charge >= 0.3 is 6.01 Å². The molecule has 9 nitrogen and oxygen atoms in total. The van der Waals surface area contributed by atoms with Gasteiger partial charge in [0.05, 0.1) is 37.9 Å². The second-order valence-electron chi connectivity index (χ2n) is 11.0. The Morgan fingerprint density at radius 2 is 1.93 bits per heavy atom. The van der Waals surface area contributed by atoms with Crippen molar-refractivity contribution in [3.63, 3.8) is 0 Å². The van der Waals surface area contributed by atoms with Crippen LogP contribution >= 0.6 is 0 Å². The summed E-state index contributed by atoms with van der Waals surface area (Å²) < 4.78 is 17.6. The number of rotatable bonds is 5. The number of piperazine rings is 1. The first kappa shape index (κ1) is 29.3. The smallest absolute Gasteiger partial charge is 0.318 e. The molecule has 2 unspecified atom stereocenters. The maximum Gasteiger partial charge on any atom is 0.318 e. The van der Waals surface area contributed by atoms with Crippen molar-refractivity contribution in [3.05, 3.63) is 66.4 Å². The Morgan fingerprint density at radius 1 is 1.12 bits per heavy atom. The molecule has 0 bridgehead atoms. The normalized spacial score (nSPS) is 20.4. The number of ether oxygens (including phenoxy) is 1. The molecule has 3 aliphatic heterocycles. The topological polar surface area (TPSA) is 88.8 Å². The number of fused-ring (bicyclic) bond motifs is 2. The molecule has 2 aromatic carbocycles. The molecule has 10 heteroatoms. The first-order valence-electron chi connectivity index (χ1n) is 14.5. The fourth-order valence-corrected chi connectivity index (χ4v) is 6.05. The standard InChI is InChI=1S/C27H28N6O2.C5H10FN/c1-3-25(34)33-16-15-32(17-20(33)11-13-28)26-22-12-14-31(18-23(22)29-27(30-26)35-2)24-10-6-8-19-7-4-5-9-21(19)24;1-7-3-2-5(6)4-7/h3-10,20H,1,11-12,14-18H2,2H3;5H,2-4H2,1H3. The van der Waals surface area contributed by atoms with Gasteiger partial charge < -0.3 is 24.3 Å². The number of carbonyl (C=O) groups is 1. The predicted octanol–water partition coefficient (Wildman–Crippen LogP) is 3.98. The fourth-order valence-electron chi connectivity index (χ4n) is 6.05. The molecule has 3 aliphatic rings. The molecule has 42 heavy (non-hydrogen) atoms. The zero-order valence-corrected chi connectivity index (χ0v) is 24.4. The molecule has 2 saturated heterocycles. The van der Waals surface area contributed by atoms with Crippen LogP contribution in [0.5, 0.6) is 6.01 Å². The van der Waals surface area contributed by atoms with E-state index >= 15 is 0 Å². The minimum Gasteiger partial charge on any atom is -0.467 e. The number of aromatic nitrogens is 2. The summed E-state index contributed by atoms with van der Waals surface area (Å²) in [7, 11) is 3.52. The number of hydrogen-bond acceptors (Lipinski definition) is 8. The van der Waals surface area contributed by atoms with Crippen LogP contribution in [-0.2, 0) is 17.8 Å². The highest BCUT2D eigenvalue weighted by molar-refractivity contribution is 5.94. The van der Waals surface area contributed by atoms with Crippen molar-refractivity contribution in [1.82, 2.24) is 19.8 Å². The summed E-state index contributed by atoms with van der Waals surface area (Å²) in [6, 6.07) is 17.2. The van der Waals surface area contributed by atoms with Crippen molar-refractivity contribution in [3.8, 4) is 12.1 Å². The highest BCUT2D eigenvalue weighted by atomic mass is 19.1. The number of likely N-dealkylation sites (tertiary alicyclic amines) is 1. The van der Waals surface area contributed by atoms with Gasteiger partial charge in [0.15, 0.2) is 0 Å². The second kappa shape index (κ2) is 13.2. The van der Waals surface area contributed by atoms with E-state index in [1.807, 2.05) is 11.9 Å². The van der Waals surface area contributed by atoms with Crippen LogP contribution < -0.4 is 14.5 Å². The van der Waals surface area contributed by atoms with Gasteiger partial charge in [-0.05, 0) is 37.4 Å². The third-order valence-corrected chi connectivity index (χ3v) is 8.21. The zero-order chi connectivity index (χ0) is 29.6. The molecule has 220 valence electrons. The lowest BCUT2D eigenvalue weighted by atomic mass is 10.0. The van der Waals surface area contributed by atoms with Crippen molar-refractivity contribution in [2.24, 2.45) is 0 Å². The van der Waals surface area contributed by atoms with E-state index in [1.54, 1.807) is 12.0 Å². The first-order chi connectivity index (χ1) is 20.4. The van der Waals surface area contributed by atoms with Crippen LogP contribution in [0.25, 0.3) is 10.8 Å². The average Bonchev–Trinajstić information content (AvgIpc) is 3.41. The Bertz CT molecular complexity index is 1460. The molecular weight excluding hydrogens is 533 g/mol. The summed E-state index contributed by atoms with van der Waals surface area (Å²) in [6.07, 6.45) is 2.56. The summed E-state index contributed by atoms with van der Waals surface area (Å²) in [6.45, 7) is 8.36. The van der Waals surface area contributed by atoms with Gasteiger partial charge in [-0.25, -0.2) is 4.39 Å². The molecule has 4 heterocycles. The third-order valence-electron chi connectivity index (χ3n) is 8.21. The van der Waals surface area contributed by atoms with Crippen LogP contribution in [0.1, 0.15) is 24.1 Å². The number of nitriles is 1. The number of alkyl halides is 1. The lowest BCUT2D eigenvalue weighted by Crippen LogP contribution is -2.55. The molecule has 2 atom stereocenters. The van der Waals surface area contributed by atoms with E-state index in [-0.39, 0.29) is 18.4 Å². The van der Waals surface area contributed by atoms with E-state index in [2.05, 4.69) is 64.9 Å². The van der Waals surface area contributed by atoms with Gasteiger partial charge in [0.2, 0.25) is 5.91 Å². The van der Waals surface area contributed by atoms with Gasteiger partial charge in [0, 0.05) is 55.9 Å². The Kier molecular flexibility index (Phi) is 9.18. The van der Waals surface area contributed by atoms with Crippen LogP contribution in [-0.4, -0.2) is 91.3 Å². The first-order valence-corrected chi connectivity index (χ1v) is 14.5. The van der Waals surface area contributed by atoms with E-state index in [0.29, 0.717) is 38.7 Å². The molecule has 0 N–H and O–H groups in total. The molecule has 0 radical (unpaired) electrons. The molecule has 3 aromatic rings. The molecule has 1 aromatic heterocycles. The monoisotopic (exact) mass is 571 g/mol. The predicted molar refractivity (Wildman–Crippen MR) is 162 cm³/mol. The van der Waals surface area contributed by atoms with Crippen LogP contribution in [0.3, 0.4) is 0 Å². The van der Waals surface area contributed by atoms with E-state index < -0.39 is 6.17 Å². The summed E-state index contributed by atoms with van der Waals surface area (Å²) >= 11 is 0. The lowest BCUT2D eigenvalue weighted by molar-refractivity contribution is -0.128. The number of hydrogen-bond donors (Lipinski definition) is 0. The number of amides is 1. The largest absolute Gasteiger partial charge is 0.467 e. The van der Waals surface area contributed by atoms with Crippen molar-refractivity contribution < 1.29 is 13.9 Å². The van der Waals surface area contributed by atoms with Crippen molar-refractivity contribution in [1.29, 1.82) is 5.26 Å². The van der Waals surface area contributed by atoms with Gasteiger partial charge in [0.1, 0.15) is 12.0 Å². The quantitative estimate of drug-likeness (QED) is 0.425. The highest BCUT2D eigenvalue weighted by Crippen LogP contribution is 2.34. The van der Waals surface area contributed by atoms with Crippen molar-refractivity contribution in [2.45, 2.75) is 38.0 Å². The Labute approximate surface area is 246 Å². The van der Waals surface area contributed by atoms with E-state index in [4.69, 9.17) is 14.7 Å². The van der Waals surface area contributed by atoms with E-state index in [1.165, 1.54) is 22.5 Å². The lowest BCUT2D eigenvalue weighted by Gasteiger charge is -2.42. The number of methoxy groups -OCH3 is 1. The van der Waals surface area contributed by atoms with Gasteiger partial charge in [-0.1, -0.05) is 43.0 Å². The number of benzene rings is 2. The van der Waals surface area contributed by atoms with E-state index in [9.17, 15) is 14.4 Å². The maximum atomic E-state index is 12.3. The number of halogens is 1. The Balaban J connectivity index is 0.000000442. The van der Waals surface area contributed by atoms with Gasteiger partial charge in [-0.15, -0.1) is 0 Å². The molecule has 0 saturated carbocycles.